The van der Waals surface area contributed by atoms with Crippen LogP contribution in [0.5, 0.6) is 0 Å². The first-order valence-electron chi connectivity index (χ1n) is 9.21. The Morgan fingerprint density at radius 1 is 1.29 bits per heavy atom. The maximum atomic E-state index is 13.2. The Bertz CT molecular complexity index is 948. The molecule has 6 nitrogen and oxygen atoms in total. The van der Waals surface area contributed by atoms with E-state index in [0.717, 1.165) is 16.9 Å². The largest absolute Gasteiger partial charge is 0.448 e. The second-order valence-electron chi connectivity index (χ2n) is 7.32. The SMILES string of the molecule is CCc1sc(C(=O)O[C@H](C)C(=O)N2c3ccccc3NC(=O)C2(C)C)cc1C. The normalized spacial score (nSPS) is 16.2. The van der Waals surface area contributed by atoms with Gasteiger partial charge in [0, 0.05) is 4.88 Å². The highest BCUT2D eigenvalue weighted by Gasteiger charge is 2.45. The van der Waals surface area contributed by atoms with Crippen molar-refractivity contribution in [1.82, 2.24) is 0 Å². The molecule has 1 aromatic carbocycles. The number of carbonyl (C=O) groups is 3. The minimum absolute atomic E-state index is 0.292. The summed E-state index contributed by atoms with van der Waals surface area (Å²) in [4.78, 5) is 41.3. The van der Waals surface area contributed by atoms with Gasteiger partial charge in [-0.15, -0.1) is 11.3 Å². The van der Waals surface area contributed by atoms with E-state index in [0.29, 0.717) is 16.3 Å². The molecule has 1 aromatic heterocycles. The Kier molecular flexibility index (Phi) is 5.30. The number of aryl methyl sites for hydroxylation is 2. The molecule has 2 aromatic rings. The Hall–Kier alpha value is -2.67. The van der Waals surface area contributed by atoms with Gasteiger partial charge in [0.1, 0.15) is 10.4 Å². The van der Waals surface area contributed by atoms with Crippen LogP contribution >= 0.6 is 11.3 Å². The van der Waals surface area contributed by atoms with E-state index in [1.807, 2.05) is 13.8 Å². The standard InChI is InChI=1S/C21H24N2O4S/c1-6-16-12(2)11-17(28-16)19(25)27-13(3)18(24)23-15-10-8-7-9-14(15)22-20(26)21(23,4)5/h7-11,13H,6H2,1-5H3,(H,22,26)/t13-/m1/s1. The summed E-state index contributed by atoms with van der Waals surface area (Å²) >= 11 is 1.38. The number of benzene rings is 1. The van der Waals surface area contributed by atoms with Crippen molar-refractivity contribution in [1.29, 1.82) is 0 Å². The number of ether oxygens (including phenoxy) is 1. The van der Waals surface area contributed by atoms with Gasteiger partial charge in [-0.25, -0.2) is 4.79 Å². The van der Waals surface area contributed by atoms with Gasteiger partial charge in [0.05, 0.1) is 11.4 Å². The zero-order valence-corrected chi connectivity index (χ0v) is 17.5. The number of anilines is 2. The summed E-state index contributed by atoms with van der Waals surface area (Å²) in [5, 5.41) is 2.82. The van der Waals surface area contributed by atoms with Crippen LogP contribution in [0.4, 0.5) is 11.4 Å². The molecule has 0 radical (unpaired) electrons. The van der Waals surface area contributed by atoms with Gasteiger partial charge in [0.25, 0.3) is 5.91 Å². The molecule has 0 spiro atoms. The quantitative estimate of drug-likeness (QED) is 0.789. The van der Waals surface area contributed by atoms with Crippen molar-refractivity contribution < 1.29 is 19.1 Å². The van der Waals surface area contributed by atoms with Crippen LogP contribution in [0.1, 0.15) is 47.8 Å². The number of hydrogen-bond acceptors (Lipinski definition) is 5. The monoisotopic (exact) mass is 400 g/mol. The van der Waals surface area contributed by atoms with Gasteiger partial charge in [-0.3, -0.25) is 14.5 Å². The Labute approximate surface area is 168 Å². The summed E-state index contributed by atoms with van der Waals surface area (Å²) in [6.45, 7) is 8.85. The van der Waals surface area contributed by atoms with E-state index in [-0.39, 0.29) is 5.91 Å². The molecular formula is C21H24N2O4S. The molecule has 2 heterocycles. The number of carbonyl (C=O) groups excluding carboxylic acids is 3. The van der Waals surface area contributed by atoms with Gasteiger partial charge in [0.2, 0.25) is 5.91 Å². The van der Waals surface area contributed by atoms with Crippen LogP contribution in [0.2, 0.25) is 0 Å². The summed E-state index contributed by atoms with van der Waals surface area (Å²) in [7, 11) is 0. The van der Waals surface area contributed by atoms with Crippen LogP contribution in [0.3, 0.4) is 0 Å². The number of hydrogen-bond donors (Lipinski definition) is 1. The summed E-state index contributed by atoms with van der Waals surface area (Å²) in [6.07, 6.45) is -0.190. The maximum Gasteiger partial charge on any atom is 0.349 e. The number of nitrogens with zero attached hydrogens (tertiary/aromatic N) is 1. The molecule has 0 saturated carbocycles. The number of nitrogens with one attached hydrogen (secondary N) is 1. The zero-order chi connectivity index (χ0) is 20.6. The van der Waals surface area contributed by atoms with Crippen molar-refractivity contribution in [2.24, 2.45) is 0 Å². The van der Waals surface area contributed by atoms with E-state index in [1.54, 1.807) is 44.2 Å². The number of amides is 2. The van der Waals surface area contributed by atoms with Crippen LogP contribution in [0.25, 0.3) is 0 Å². The second kappa shape index (κ2) is 7.39. The first-order valence-corrected chi connectivity index (χ1v) is 10.0. The van der Waals surface area contributed by atoms with Gasteiger partial charge >= 0.3 is 5.97 Å². The van der Waals surface area contributed by atoms with E-state index in [4.69, 9.17) is 4.74 Å². The van der Waals surface area contributed by atoms with E-state index in [9.17, 15) is 14.4 Å². The van der Waals surface area contributed by atoms with E-state index in [2.05, 4.69) is 5.32 Å². The lowest BCUT2D eigenvalue weighted by Gasteiger charge is -2.42. The van der Waals surface area contributed by atoms with Crippen LogP contribution in [-0.2, 0) is 20.7 Å². The lowest BCUT2D eigenvalue weighted by atomic mass is 9.95. The number of fused-ring (bicyclic) bond motifs is 1. The third-order valence-corrected chi connectivity index (χ3v) is 6.26. The minimum Gasteiger partial charge on any atom is -0.448 e. The molecule has 0 fully saturated rings. The van der Waals surface area contributed by atoms with Crippen LogP contribution in [-0.4, -0.2) is 29.4 Å². The van der Waals surface area contributed by atoms with Crippen molar-refractivity contribution in [2.45, 2.75) is 52.7 Å². The van der Waals surface area contributed by atoms with E-state index in [1.165, 1.54) is 23.2 Å². The molecule has 1 aliphatic heterocycles. The average molecular weight is 401 g/mol. The molecule has 28 heavy (non-hydrogen) atoms. The van der Waals surface area contributed by atoms with Gasteiger partial charge in [-0.1, -0.05) is 19.1 Å². The van der Waals surface area contributed by atoms with Crippen molar-refractivity contribution in [3.63, 3.8) is 0 Å². The summed E-state index contributed by atoms with van der Waals surface area (Å²) in [6, 6.07) is 8.87. The zero-order valence-electron chi connectivity index (χ0n) is 16.7. The smallest absolute Gasteiger partial charge is 0.349 e. The molecule has 1 aliphatic rings. The predicted molar refractivity (Wildman–Crippen MR) is 110 cm³/mol. The molecule has 3 rings (SSSR count). The van der Waals surface area contributed by atoms with Gasteiger partial charge in [-0.05, 0) is 57.9 Å². The number of esters is 1. The molecule has 7 heteroatoms. The van der Waals surface area contributed by atoms with Crippen molar-refractivity contribution in [2.75, 3.05) is 10.2 Å². The molecule has 0 bridgehead atoms. The fourth-order valence-electron chi connectivity index (χ4n) is 3.27. The predicted octanol–water partition coefficient (Wildman–Crippen LogP) is 3.93. The van der Waals surface area contributed by atoms with Crippen molar-refractivity contribution >= 4 is 40.5 Å². The average Bonchev–Trinajstić information content (AvgIpc) is 3.03. The third-order valence-electron chi connectivity index (χ3n) is 4.90. The Morgan fingerprint density at radius 2 is 1.96 bits per heavy atom. The highest BCUT2D eigenvalue weighted by atomic mass is 32.1. The lowest BCUT2D eigenvalue weighted by Crippen LogP contribution is -2.60. The fraction of sp³-hybridized carbons (Fsp3) is 0.381. The van der Waals surface area contributed by atoms with Crippen molar-refractivity contribution in [3.8, 4) is 0 Å². The molecule has 2 amide bonds. The van der Waals surface area contributed by atoms with Crippen LogP contribution < -0.4 is 10.2 Å². The molecule has 1 N–H and O–H groups in total. The van der Waals surface area contributed by atoms with E-state index >= 15 is 0 Å². The molecule has 148 valence electrons. The number of rotatable bonds is 4. The third kappa shape index (κ3) is 3.42. The van der Waals surface area contributed by atoms with Crippen molar-refractivity contribution in [3.05, 3.63) is 45.6 Å². The molecule has 0 saturated heterocycles. The second-order valence-corrected chi connectivity index (χ2v) is 8.46. The van der Waals surface area contributed by atoms with Gasteiger partial charge in [0.15, 0.2) is 6.10 Å². The Balaban J connectivity index is 1.85. The first kappa shape index (κ1) is 20.1. The highest BCUT2D eigenvalue weighted by Crippen LogP contribution is 2.37. The summed E-state index contributed by atoms with van der Waals surface area (Å²) in [5.74, 6) is -1.26. The summed E-state index contributed by atoms with van der Waals surface area (Å²) in [5.41, 5.74) is 1.07. The van der Waals surface area contributed by atoms with Gasteiger partial charge in [-0.2, -0.15) is 0 Å². The van der Waals surface area contributed by atoms with Crippen LogP contribution in [0.15, 0.2) is 30.3 Å². The Morgan fingerprint density at radius 3 is 2.61 bits per heavy atom. The first-order chi connectivity index (χ1) is 13.2. The molecule has 0 aliphatic carbocycles. The van der Waals surface area contributed by atoms with Gasteiger partial charge < -0.3 is 10.1 Å². The van der Waals surface area contributed by atoms with E-state index < -0.39 is 23.5 Å². The molecule has 0 unspecified atom stereocenters. The molecular weight excluding hydrogens is 376 g/mol. The van der Waals surface area contributed by atoms with Crippen LogP contribution in [0, 0.1) is 6.92 Å². The minimum atomic E-state index is -1.11. The number of thiophene rings is 1. The maximum absolute atomic E-state index is 13.2. The lowest BCUT2D eigenvalue weighted by molar-refractivity contribution is -0.131. The summed E-state index contributed by atoms with van der Waals surface area (Å²) < 4.78 is 5.46. The number of para-hydroxylation sites is 2. The highest BCUT2D eigenvalue weighted by molar-refractivity contribution is 7.14. The fourth-order valence-corrected chi connectivity index (χ4v) is 4.27. The topological polar surface area (TPSA) is 75.7 Å². The molecule has 1 atom stereocenters.